The molecule has 3 rings (SSSR count). The molecule has 158 valence electrons. The highest BCUT2D eigenvalue weighted by Crippen LogP contribution is 2.26. The predicted octanol–water partition coefficient (Wildman–Crippen LogP) is 3.51. The molecule has 1 fully saturated rings. The van der Waals surface area contributed by atoms with Crippen molar-refractivity contribution in [3.8, 4) is 11.5 Å². The third-order valence-corrected chi connectivity index (χ3v) is 5.12. The van der Waals surface area contributed by atoms with Crippen LogP contribution in [0.15, 0.2) is 53.5 Å². The van der Waals surface area contributed by atoms with Gasteiger partial charge in [-0.3, -0.25) is 4.99 Å². The van der Waals surface area contributed by atoms with Gasteiger partial charge in [-0.05, 0) is 30.5 Å². The van der Waals surface area contributed by atoms with Crippen LogP contribution in [0.3, 0.4) is 0 Å². The number of ether oxygens (including phenoxy) is 2. The summed E-state index contributed by atoms with van der Waals surface area (Å²) in [6, 6.07) is 16.3. The van der Waals surface area contributed by atoms with Gasteiger partial charge in [-0.25, -0.2) is 0 Å². The van der Waals surface area contributed by atoms with Gasteiger partial charge in [-0.2, -0.15) is 0 Å². The highest BCUT2D eigenvalue weighted by Gasteiger charge is 2.23. The maximum Gasteiger partial charge on any atom is 0.191 e. The number of hydrogen-bond acceptors (Lipinski definition) is 4. The summed E-state index contributed by atoms with van der Waals surface area (Å²) in [5, 5.41) is 6.83. The molecule has 0 aromatic heterocycles. The fraction of sp³-hybridized carbons (Fsp3) is 0.409. The minimum atomic E-state index is 0. The second-order valence-corrected chi connectivity index (χ2v) is 6.92. The number of nitrogens with one attached hydrogen (secondary N) is 2. The molecular weight excluding hydrogens is 479 g/mol. The van der Waals surface area contributed by atoms with Crippen LogP contribution in [0, 0.1) is 5.92 Å². The lowest BCUT2D eigenvalue weighted by molar-refractivity contribution is 0.409. The van der Waals surface area contributed by atoms with E-state index in [1.165, 1.54) is 5.69 Å². The van der Waals surface area contributed by atoms with E-state index in [9.17, 15) is 0 Å². The van der Waals surface area contributed by atoms with Gasteiger partial charge in [0.15, 0.2) is 5.96 Å². The lowest BCUT2D eigenvalue weighted by Crippen LogP contribution is -2.40. The average molecular weight is 510 g/mol. The van der Waals surface area contributed by atoms with Crippen LogP contribution in [0.5, 0.6) is 11.5 Å². The van der Waals surface area contributed by atoms with Gasteiger partial charge < -0.3 is 25.0 Å². The van der Waals surface area contributed by atoms with Crippen LogP contribution in [-0.2, 0) is 6.54 Å². The molecule has 0 aliphatic carbocycles. The van der Waals surface area contributed by atoms with E-state index < -0.39 is 0 Å². The second kappa shape index (κ2) is 11.7. The molecule has 0 radical (unpaired) electrons. The normalized spacial score (nSPS) is 16.2. The Labute approximate surface area is 190 Å². The monoisotopic (exact) mass is 510 g/mol. The van der Waals surface area contributed by atoms with Crippen LogP contribution >= 0.6 is 24.0 Å². The van der Waals surface area contributed by atoms with Gasteiger partial charge in [0, 0.05) is 50.5 Å². The first-order valence-corrected chi connectivity index (χ1v) is 9.69. The molecule has 1 unspecified atom stereocenters. The van der Waals surface area contributed by atoms with Crippen molar-refractivity contribution in [3.63, 3.8) is 0 Å². The zero-order chi connectivity index (χ0) is 19.8. The Kier molecular flexibility index (Phi) is 9.37. The fourth-order valence-electron chi connectivity index (χ4n) is 3.53. The Morgan fingerprint density at radius 1 is 1.10 bits per heavy atom. The Bertz CT molecular complexity index is 800. The summed E-state index contributed by atoms with van der Waals surface area (Å²) >= 11 is 0. The number of anilines is 1. The Balaban J connectivity index is 0.00000300. The molecule has 1 aliphatic rings. The molecule has 1 heterocycles. The number of benzene rings is 2. The predicted molar refractivity (Wildman–Crippen MR) is 130 cm³/mol. The SMILES string of the molecule is CN=C(NCc1ccccc1OC)NCC1CCN(c2cccc(OC)c2)C1.I. The molecule has 2 aromatic rings. The lowest BCUT2D eigenvalue weighted by atomic mass is 10.1. The Morgan fingerprint density at radius 2 is 1.93 bits per heavy atom. The highest BCUT2D eigenvalue weighted by atomic mass is 127. The molecule has 0 saturated carbocycles. The number of rotatable bonds is 7. The number of hydrogen-bond donors (Lipinski definition) is 2. The van der Waals surface area contributed by atoms with Crippen LogP contribution in [0.4, 0.5) is 5.69 Å². The molecule has 0 amide bonds. The largest absolute Gasteiger partial charge is 0.497 e. The molecule has 1 aliphatic heterocycles. The van der Waals surface area contributed by atoms with Crippen molar-refractivity contribution in [2.75, 3.05) is 45.8 Å². The Hall–Kier alpha value is -2.16. The van der Waals surface area contributed by atoms with Crippen molar-refractivity contribution < 1.29 is 9.47 Å². The van der Waals surface area contributed by atoms with Crippen LogP contribution < -0.4 is 25.0 Å². The number of nitrogens with zero attached hydrogens (tertiary/aromatic N) is 2. The molecule has 29 heavy (non-hydrogen) atoms. The van der Waals surface area contributed by atoms with Gasteiger partial charge in [0.25, 0.3) is 0 Å². The third kappa shape index (κ3) is 6.42. The van der Waals surface area contributed by atoms with Crippen molar-refractivity contribution in [2.45, 2.75) is 13.0 Å². The summed E-state index contributed by atoms with van der Waals surface area (Å²) in [6.07, 6.45) is 1.16. The van der Waals surface area contributed by atoms with E-state index >= 15 is 0 Å². The molecule has 2 N–H and O–H groups in total. The van der Waals surface area contributed by atoms with E-state index in [1.54, 1.807) is 21.3 Å². The minimum absolute atomic E-state index is 0. The van der Waals surface area contributed by atoms with Crippen LogP contribution in [-0.4, -0.2) is 46.9 Å². The summed E-state index contributed by atoms with van der Waals surface area (Å²) in [7, 11) is 5.20. The van der Waals surface area contributed by atoms with Crippen molar-refractivity contribution in [1.82, 2.24) is 10.6 Å². The molecular formula is C22H31IN4O2. The maximum atomic E-state index is 5.41. The van der Waals surface area contributed by atoms with E-state index in [-0.39, 0.29) is 24.0 Å². The molecule has 2 aromatic carbocycles. The first-order valence-electron chi connectivity index (χ1n) is 9.69. The zero-order valence-corrected chi connectivity index (χ0v) is 19.7. The second-order valence-electron chi connectivity index (χ2n) is 6.92. The molecule has 0 bridgehead atoms. The van der Waals surface area contributed by atoms with E-state index in [4.69, 9.17) is 9.47 Å². The summed E-state index contributed by atoms with van der Waals surface area (Å²) in [5.41, 5.74) is 2.33. The van der Waals surface area contributed by atoms with Gasteiger partial charge in [-0.1, -0.05) is 24.3 Å². The van der Waals surface area contributed by atoms with E-state index in [1.807, 2.05) is 30.3 Å². The quantitative estimate of drug-likeness (QED) is 0.339. The van der Waals surface area contributed by atoms with Gasteiger partial charge >= 0.3 is 0 Å². The zero-order valence-electron chi connectivity index (χ0n) is 17.4. The van der Waals surface area contributed by atoms with Gasteiger partial charge in [0.2, 0.25) is 0 Å². The first-order chi connectivity index (χ1) is 13.7. The highest BCUT2D eigenvalue weighted by molar-refractivity contribution is 14.0. The molecule has 7 heteroatoms. The van der Waals surface area contributed by atoms with Crippen LogP contribution in [0.25, 0.3) is 0 Å². The first kappa shape index (κ1) is 23.1. The number of methoxy groups -OCH3 is 2. The summed E-state index contributed by atoms with van der Waals surface area (Å²) in [6.45, 7) is 3.66. The van der Waals surface area contributed by atoms with Crippen molar-refractivity contribution >= 4 is 35.6 Å². The van der Waals surface area contributed by atoms with Crippen LogP contribution in [0.2, 0.25) is 0 Å². The lowest BCUT2D eigenvalue weighted by Gasteiger charge is -2.20. The minimum Gasteiger partial charge on any atom is -0.497 e. The van der Waals surface area contributed by atoms with Crippen molar-refractivity contribution in [3.05, 3.63) is 54.1 Å². The molecule has 1 saturated heterocycles. The summed E-state index contributed by atoms with van der Waals surface area (Å²) < 4.78 is 10.8. The number of para-hydroxylation sites is 1. The topological polar surface area (TPSA) is 58.1 Å². The summed E-state index contributed by atoms with van der Waals surface area (Å²) in [5.74, 6) is 3.18. The van der Waals surface area contributed by atoms with Crippen molar-refractivity contribution in [2.24, 2.45) is 10.9 Å². The van der Waals surface area contributed by atoms with Gasteiger partial charge in [0.05, 0.1) is 14.2 Å². The fourth-order valence-corrected chi connectivity index (χ4v) is 3.53. The third-order valence-electron chi connectivity index (χ3n) is 5.12. The smallest absolute Gasteiger partial charge is 0.191 e. The average Bonchev–Trinajstić information content (AvgIpc) is 3.23. The van der Waals surface area contributed by atoms with Crippen molar-refractivity contribution in [1.29, 1.82) is 0 Å². The number of guanidine groups is 1. The molecule has 0 spiro atoms. The standard InChI is InChI=1S/C22H30N4O2.HI/c1-23-22(25-15-18-7-4-5-10-21(18)28-3)24-14-17-11-12-26(16-17)19-8-6-9-20(13-19)27-2;/h4-10,13,17H,11-12,14-16H2,1-3H3,(H2,23,24,25);1H. The van der Waals surface area contributed by atoms with E-state index in [0.717, 1.165) is 49.1 Å². The van der Waals surface area contributed by atoms with Crippen LogP contribution in [0.1, 0.15) is 12.0 Å². The summed E-state index contributed by atoms with van der Waals surface area (Å²) in [4.78, 5) is 6.76. The molecule has 6 nitrogen and oxygen atoms in total. The van der Waals surface area contributed by atoms with Gasteiger partial charge in [0.1, 0.15) is 11.5 Å². The Morgan fingerprint density at radius 3 is 2.69 bits per heavy atom. The number of aliphatic imine (C=N–C) groups is 1. The number of halogens is 1. The maximum absolute atomic E-state index is 5.41. The van der Waals surface area contributed by atoms with Gasteiger partial charge in [-0.15, -0.1) is 24.0 Å². The van der Waals surface area contributed by atoms with E-state index in [0.29, 0.717) is 12.5 Å². The molecule has 1 atom stereocenters. The van der Waals surface area contributed by atoms with E-state index in [2.05, 4.69) is 38.7 Å².